The van der Waals surface area contributed by atoms with Crippen molar-refractivity contribution in [2.75, 3.05) is 0 Å². The third kappa shape index (κ3) is 1.75. The van der Waals surface area contributed by atoms with Gasteiger partial charge in [-0.3, -0.25) is 0 Å². The van der Waals surface area contributed by atoms with Crippen LogP contribution < -0.4 is 0 Å². The molecule has 5 heteroatoms. The number of hydrogen-bond donors (Lipinski definition) is 0. The molecule has 0 heterocycles. The molecule has 0 bridgehead atoms. The third-order valence-electron chi connectivity index (χ3n) is 1.39. The second kappa shape index (κ2) is 3.56. The highest BCUT2D eigenvalue weighted by molar-refractivity contribution is 9.10. The average molecular weight is 230 g/mol. The minimum absolute atomic E-state index is 0.301. The molecule has 0 radical (unpaired) electrons. The van der Waals surface area contributed by atoms with Crippen LogP contribution in [0.3, 0.4) is 0 Å². The molecule has 0 saturated carbocycles. The monoisotopic (exact) mass is 229 g/mol. The minimum atomic E-state index is -0.357. The molecule has 0 aliphatic heterocycles. The maximum absolute atomic E-state index is 12.8. The minimum Gasteiger partial charge on any atom is -0.206 e. The Hall–Kier alpha value is -1.06. The summed E-state index contributed by atoms with van der Waals surface area (Å²) in [6.45, 7) is 1.68. The van der Waals surface area contributed by atoms with Crippen molar-refractivity contribution < 1.29 is 4.39 Å². The van der Waals surface area contributed by atoms with Crippen LogP contribution in [-0.4, -0.2) is 0 Å². The van der Waals surface area contributed by atoms with Crippen LogP contribution in [0.1, 0.15) is 5.56 Å². The van der Waals surface area contributed by atoms with Crippen LogP contribution in [0, 0.1) is 12.7 Å². The van der Waals surface area contributed by atoms with Crippen molar-refractivity contribution in [2.45, 2.75) is 6.92 Å². The lowest BCUT2D eigenvalue weighted by Crippen LogP contribution is -1.80. The summed E-state index contributed by atoms with van der Waals surface area (Å²) >= 11 is 2.99. The molecule has 1 aromatic rings. The van der Waals surface area contributed by atoms with E-state index in [2.05, 4.69) is 26.0 Å². The van der Waals surface area contributed by atoms with Crippen molar-refractivity contribution in [1.82, 2.24) is 0 Å². The Kier molecular flexibility index (Phi) is 2.68. The Morgan fingerprint density at radius 2 is 2.25 bits per heavy atom. The van der Waals surface area contributed by atoms with Crippen LogP contribution in [0.25, 0.3) is 10.4 Å². The highest BCUT2D eigenvalue weighted by atomic mass is 79.9. The lowest BCUT2D eigenvalue weighted by Gasteiger charge is -2.00. The zero-order chi connectivity index (χ0) is 9.14. The summed E-state index contributed by atoms with van der Waals surface area (Å²) < 4.78 is 13.1. The SMILES string of the molecule is Cc1cc(F)c(Br)cc1N=[N+]=[N-]. The fourth-order valence-corrected chi connectivity index (χ4v) is 1.12. The van der Waals surface area contributed by atoms with E-state index in [1.807, 2.05) is 0 Å². The van der Waals surface area contributed by atoms with E-state index >= 15 is 0 Å². The Morgan fingerprint density at radius 1 is 1.58 bits per heavy atom. The summed E-state index contributed by atoms with van der Waals surface area (Å²) in [5.74, 6) is -0.357. The molecule has 1 aromatic carbocycles. The molecule has 0 spiro atoms. The molecule has 3 nitrogen and oxygen atoms in total. The predicted octanol–water partition coefficient (Wildman–Crippen LogP) is 3.84. The summed E-state index contributed by atoms with van der Waals surface area (Å²) in [5.41, 5.74) is 9.21. The number of azide groups is 1. The van der Waals surface area contributed by atoms with Gasteiger partial charge in [0.25, 0.3) is 0 Å². The van der Waals surface area contributed by atoms with E-state index in [1.165, 1.54) is 12.1 Å². The summed E-state index contributed by atoms with van der Waals surface area (Å²) in [5, 5.41) is 3.39. The Bertz CT molecular complexity index is 358. The van der Waals surface area contributed by atoms with Crippen molar-refractivity contribution in [2.24, 2.45) is 5.11 Å². The molecule has 0 N–H and O–H groups in total. The lowest BCUT2D eigenvalue weighted by molar-refractivity contribution is 0.620. The number of benzene rings is 1. The molecule has 0 aromatic heterocycles. The van der Waals surface area contributed by atoms with Gasteiger partial charge in [0.2, 0.25) is 0 Å². The molecule has 62 valence electrons. The fourth-order valence-electron chi connectivity index (χ4n) is 0.792. The van der Waals surface area contributed by atoms with Crippen LogP contribution in [0.2, 0.25) is 0 Å². The van der Waals surface area contributed by atoms with Crippen molar-refractivity contribution in [3.8, 4) is 0 Å². The number of rotatable bonds is 1. The molecular formula is C7H5BrFN3. The number of hydrogen-bond acceptors (Lipinski definition) is 1. The summed E-state index contributed by atoms with van der Waals surface area (Å²) in [4.78, 5) is 2.62. The first-order valence-electron chi connectivity index (χ1n) is 3.16. The smallest absolute Gasteiger partial charge is 0.137 e. The second-order valence-electron chi connectivity index (χ2n) is 2.24. The molecular weight excluding hydrogens is 225 g/mol. The Balaban J connectivity index is 3.32. The second-order valence-corrected chi connectivity index (χ2v) is 3.10. The van der Waals surface area contributed by atoms with Gasteiger partial charge in [0.15, 0.2) is 0 Å². The van der Waals surface area contributed by atoms with E-state index in [4.69, 9.17) is 5.53 Å². The maximum Gasteiger partial charge on any atom is 0.137 e. The third-order valence-corrected chi connectivity index (χ3v) is 2.00. The van der Waals surface area contributed by atoms with Gasteiger partial charge in [-0.2, -0.15) is 0 Å². The van der Waals surface area contributed by atoms with Crippen molar-refractivity contribution in [3.05, 3.63) is 38.4 Å². The van der Waals surface area contributed by atoms with Gasteiger partial charge in [-0.25, -0.2) is 4.39 Å². The zero-order valence-corrected chi connectivity index (χ0v) is 7.84. The van der Waals surface area contributed by atoms with E-state index in [1.54, 1.807) is 6.92 Å². The van der Waals surface area contributed by atoms with Gasteiger partial charge in [-0.1, -0.05) is 5.11 Å². The van der Waals surface area contributed by atoms with Gasteiger partial charge in [0.05, 0.1) is 4.47 Å². The van der Waals surface area contributed by atoms with Crippen LogP contribution in [0.4, 0.5) is 10.1 Å². The number of halogens is 2. The van der Waals surface area contributed by atoms with Crippen LogP contribution >= 0.6 is 15.9 Å². The van der Waals surface area contributed by atoms with E-state index in [9.17, 15) is 4.39 Å². The summed E-state index contributed by atoms with van der Waals surface area (Å²) in [6.07, 6.45) is 0. The van der Waals surface area contributed by atoms with Gasteiger partial charge in [0.1, 0.15) is 5.82 Å². The van der Waals surface area contributed by atoms with Crippen molar-refractivity contribution in [3.63, 3.8) is 0 Å². The molecule has 0 atom stereocenters. The topological polar surface area (TPSA) is 48.8 Å². The molecule has 0 saturated heterocycles. The highest BCUT2D eigenvalue weighted by Crippen LogP contribution is 2.26. The molecule has 1 rings (SSSR count). The first kappa shape index (κ1) is 9.03. The van der Waals surface area contributed by atoms with Crippen LogP contribution in [0.15, 0.2) is 21.7 Å². The molecule has 0 amide bonds. The molecule has 0 fully saturated rings. The number of aryl methyl sites for hydroxylation is 1. The standard InChI is InChI=1S/C7H5BrFN3/c1-4-2-6(9)5(8)3-7(4)11-12-10/h2-3H,1H3. The molecule has 0 unspecified atom stereocenters. The Morgan fingerprint density at radius 3 is 2.83 bits per heavy atom. The largest absolute Gasteiger partial charge is 0.206 e. The predicted molar refractivity (Wildman–Crippen MR) is 47.6 cm³/mol. The van der Waals surface area contributed by atoms with E-state index in [-0.39, 0.29) is 5.82 Å². The van der Waals surface area contributed by atoms with E-state index in [0.29, 0.717) is 15.7 Å². The van der Waals surface area contributed by atoms with Gasteiger partial charge in [0, 0.05) is 10.6 Å². The van der Waals surface area contributed by atoms with Crippen molar-refractivity contribution >= 4 is 21.6 Å². The van der Waals surface area contributed by atoms with Crippen molar-refractivity contribution in [1.29, 1.82) is 0 Å². The number of nitrogens with zero attached hydrogens (tertiary/aromatic N) is 3. The van der Waals surface area contributed by atoms with E-state index in [0.717, 1.165) is 0 Å². The summed E-state index contributed by atoms with van der Waals surface area (Å²) in [6, 6.07) is 2.76. The maximum atomic E-state index is 12.8. The Labute approximate surface area is 77.0 Å². The quantitative estimate of drug-likeness (QED) is 0.399. The lowest BCUT2D eigenvalue weighted by atomic mass is 10.2. The van der Waals surface area contributed by atoms with Crippen LogP contribution in [0.5, 0.6) is 0 Å². The first-order chi connectivity index (χ1) is 5.65. The average Bonchev–Trinajstić information content (AvgIpc) is 2.01. The molecule has 12 heavy (non-hydrogen) atoms. The van der Waals surface area contributed by atoms with Gasteiger partial charge in [-0.05, 0) is 46.1 Å². The van der Waals surface area contributed by atoms with Crippen LogP contribution in [-0.2, 0) is 0 Å². The van der Waals surface area contributed by atoms with Gasteiger partial charge >= 0.3 is 0 Å². The normalized spacial score (nSPS) is 9.25. The molecule has 0 aliphatic carbocycles. The van der Waals surface area contributed by atoms with Gasteiger partial charge in [-0.15, -0.1) is 0 Å². The summed E-state index contributed by atoms with van der Waals surface area (Å²) in [7, 11) is 0. The fraction of sp³-hybridized carbons (Fsp3) is 0.143. The highest BCUT2D eigenvalue weighted by Gasteiger charge is 2.02. The van der Waals surface area contributed by atoms with Gasteiger partial charge < -0.3 is 0 Å². The van der Waals surface area contributed by atoms with E-state index < -0.39 is 0 Å². The first-order valence-corrected chi connectivity index (χ1v) is 3.95. The zero-order valence-electron chi connectivity index (χ0n) is 6.25. The molecule has 0 aliphatic rings.